The number of rotatable bonds is 6. The minimum atomic E-state index is -3.82. The van der Waals surface area contributed by atoms with Gasteiger partial charge in [0.25, 0.3) is 10.0 Å². The number of sulfonamides is 1. The standard InChI is InChI=1S/C20H22N2O5S/c1-26-18-8-7-16(12-19(18)27-2)28(24,25)21-15-6-5-13-9-10-22(17(13)11-15)20(23)14-3-4-14/h5-8,11-12,14,21H,3-4,9-10H2,1-2H3. The van der Waals surface area contributed by atoms with Crippen molar-refractivity contribution in [2.45, 2.75) is 24.2 Å². The number of amides is 1. The highest BCUT2D eigenvalue weighted by Gasteiger charge is 2.36. The summed E-state index contributed by atoms with van der Waals surface area (Å²) in [6.07, 6.45) is 2.67. The molecule has 0 aromatic heterocycles. The van der Waals surface area contributed by atoms with E-state index in [9.17, 15) is 13.2 Å². The van der Waals surface area contributed by atoms with E-state index in [0.717, 1.165) is 30.5 Å². The molecule has 0 unspecified atom stereocenters. The van der Waals surface area contributed by atoms with Crippen LogP contribution in [-0.4, -0.2) is 35.1 Å². The normalized spacial score (nSPS) is 15.9. The van der Waals surface area contributed by atoms with Crippen molar-refractivity contribution in [3.63, 3.8) is 0 Å². The van der Waals surface area contributed by atoms with Crippen molar-refractivity contribution in [2.24, 2.45) is 5.92 Å². The van der Waals surface area contributed by atoms with E-state index in [2.05, 4.69) is 4.72 Å². The van der Waals surface area contributed by atoms with Gasteiger partial charge in [-0.05, 0) is 49.1 Å². The monoisotopic (exact) mass is 402 g/mol. The van der Waals surface area contributed by atoms with Crippen molar-refractivity contribution in [3.8, 4) is 11.5 Å². The Morgan fingerprint density at radius 1 is 1.07 bits per heavy atom. The van der Waals surface area contributed by atoms with Gasteiger partial charge in [0, 0.05) is 24.2 Å². The lowest BCUT2D eigenvalue weighted by atomic mass is 10.1. The highest BCUT2D eigenvalue weighted by atomic mass is 32.2. The SMILES string of the molecule is COc1ccc(S(=O)(=O)Nc2ccc3c(c2)N(C(=O)C2CC2)CC3)cc1OC. The number of nitrogens with zero attached hydrogens (tertiary/aromatic N) is 1. The van der Waals surface area contributed by atoms with Crippen molar-refractivity contribution < 1.29 is 22.7 Å². The first-order valence-electron chi connectivity index (χ1n) is 9.12. The predicted molar refractivity (Wildman–Crippen MR) is 106 cm³/mol. The number of fused-ring (bicyclic) bond motifs is 1. The molecule has 1 saturated carbocycles. The minimum absolute atomic E-state index is 0.0663. The van der Waals surface area contributed by atoms with Crippen LogP contribution in [-0.2, 0) is 21.2 Å². The Labute approximate surface area is 164 Å². The summed E-state index contributed by atoms with van der Waals surface area (Å²) in [7, 11) is -0.877. The quantitative estimate of drug-likeness (QED) is 0.803. The van der Waals surface area contributed by atoms with Crippen LogP contribution in [0.15, 0.2) is 41.3 Å². The summed E-state index contributed by atoms with van der Waals surface area (Å²) in [6, 6.07) is 9.76. The Morgan fingerprint density at radius 2 is 1.82 bits per heavy atom. The van der Waals surface area contributed by atoms with Crippen LogP contribution in [0.25, 0.3) is 0 Å². The molecule has 1 aliphatic carbocycles. The first-order chi connectivity index (χ1) is 13.4. The van der Waals surface area contributed by atoms with Crippen LogP contribution in [0.2, 0.25) is 0 Å². The van der Waals surface area contributed by atoms with Gasteiger partial charge in [0.1, 0.15) is 0 Å². The predicted octanol–water partition coefficient (Wildman–Crippen LogP) is 2.80. The molecule has 1 N–H and O–H groups in total. The lowest BCUT2D eigenvalue weighted by Crippen LogP contribution is -2.30. The van der Waals surface area contributed by atoms with Gasteiger partial charge in [-0.25, -0.2) is 8.42 Å². The maximum absolute atomic E-state index is 12.8. The van der Waals surface area contributed by atoms with E-state index in [-0.39, 0.29) is 16.7 Å². The second-order valence-corrected chi connectivity index (χ2v) is 8.66. The molecule has 0 spiro atoms. The molecular formula is C20H22N2O5S. The van der Waals surface area contributed by atoms with Crippen LogP contribution in [0.5, 0.6) is 11.5 Å². The molecule has 1 fully saturated rings. The molecule has 2 aliphatic rings. The third-order valence-electron chi connectivity index (χ3n) is 5.09. The van der Waals surface area contributed by atoms with Gasteiger partial charge in [-0.1, -0.05) is 6.07 Å². The fraction of sp³-hybridized carbons (Fsp3) is 0.350. The fourth-order valence-corrected chi connectivity index (χ4v) is 4.48. The van der Waals surface area contributed by atoms with Crippen molar-refractivity contribution in [1.29, 1.82) is 0 Å². The molecule has 0 saturated heterocycles. The molecule has 0 radical (unpaired) electrons. The Bertz CT molecular complexity index is 1030. The third kappa shape index (κ3) is 3.40. The molecule has 148 valence electrons. The molecule has 2 aromatic carbocycles. The molecule has 7 nitrogen and oxygen atoms in total. The molecule has 1 aliphatic heterocycles. The minimum Gasteiger partial charge on any atom is -0.493 e. The highest BCUT2D eigenvalue weighted by Crippen LogP contribution is 2.38. The summed E-state index contributed by atoms with van der Waals surface area (Å²) in [5.74, 6) is 1.05. The van der Waals surface area contributed by atoms with E-state index in [1.165, 1.54) is 26.4 Å². The molecule has 0 bridgehead atoms. The maximum Gasteiger partial charge on any atom is 0.262 e. The summed E-state index contributed by atoms with van der Waals surface area (Å²) < 4.78 is 38.6. The molecule has 4 rings (SSSR count). The van der Waals surface area contributed by atoms with Crippen molar-refractivity contribution in [3.05, 3.63) is 42.0 Å². The summed E-state index contributed by atoms with van der Waals surface area (Å²) in [4.78, 5) is 14.3. The van der Waals surface area contributed by atoms with E-state index in [4.69, 9.17) is 9.47 Å². The Hall–Kier alpha value is -2.74. The second kappa shape index (κ2) is 7.01. The first-order valence-corrected chi connectivity index (χ1v) is 10.6. The lowest BCUT2D eigenvalue weighted by Gasteiger charge is -2.18. The van der Waals surface area contributed by atoms with Crippen LogP contribution < -0.4 is 19.1 Å². The zero-order chi connectivity index (χ0) is 19.9. The number of nitrogens with one attached hydrogen (secondary N) is 1. The Morgan fingerprint density at radius 3 is 2.50 bits per heavy atom. The number of methoxy groups -OCH3 is 2. The molecule has 0 atom stereocenters. The second-order valence-electron chi connectivity index (χ2n) is 6.98. The van der Waals surface area contributed by atoms with E-state index in [1.54, 1.807) is 23.1 Å². The third-order valence-corrected chi connectivity index (χ3v) is 6.47. The molecule has 1 heterocycles. The van der Waals surface area contributed by atoms with Gasteiger partial charge < -0.3 is 14.4 Å². The molecule has 2 aromatic rings. The number of ether oxygens (including phenoxy) is 2. The van der Waals surface area contributed by atoms with Crippen LogP contribution in [0.4, 0.5) is 11.4 Å². The topological polar surface area (TPSA) is 84.9 Å². The zero-order valence-corrected chi connectivity index (χ0v) is 16.6. The van der Waals surface area contributed by atoms with E-state index >= 15 is 0 Å². The van der Waals surface area contributed by atoms with Crippen molar-refractivity contribution in [1.82, 2.24) is 0 Å². The Balaban J connectivity index is 1.60. The first kappa shape index (κ1) is 18.6. The number of hydrogen-bond acceptors (Lipinski definition) is 5. The van der Waals surface area contributed by atoms with Gasteiger partial charge in [0.05, 0.1) is 24.8 Å². The van der Waals surface area contributed by atoms with Crippen LogP contribution in [0.3, 0.4) is 0 Å². The van der Waals surface area contributed by atoms with Gasteiger partial charge in [0.15, 0.2) is 11.5 Å². The number of benzene rings is 2. The molecule has 28 heavy (non-hydrogen) atoms. The van der Waals surface area contributed by atoms with Crippen LogP contribution in [0, 0.1) is 5.92 Å². The number of hydrogen-bond donors (Lipinski definition) is 1. The molecular weight excluding hydrogens is 380 g/mol. The highest BCUT2D eigenvalue weighted by molar-refractivity contribution is 7.92. The van der Waals surface area contributed by atoms with Crippen LogP contribution in [0.1, 0.15) is 18.4 Å². The van der Waals surface area contributed by atoms with Gasteiger partial charge in [-0.2, -0.15) is 0 Å². The van der Waals surface area contributed by atoms with E-state index < -0.39 is 10.0 Å². The van der Waals surface area contributed by atoms with Gasteiger partial charge in [0.2, 0.25) is 5.91 Å². The fourth-order valence-electron chi connectivity index (χ4n) is 3.42. The molecule has 8 heteroatoms. The number of anilines is 2. The Kier molecular flexibility index (Phi) is 4.66. The number of carbonyl (C=O) groups excluding carboxylic acids is 1. The zero-order valence-electron chi connectivity index (χ0n) is 15.8. The summed E-state index contributed by atoms with van der Waals surface area (Å²) >= 11 is 0. The van der Waals surface area contributed by atoms with Gasteiger partial charge in [-0.3, -0.25) is 9.52 Å². The largest absolute Gasteiger partial charge is 0.493 e. The summed E-state index contributed by atoms with van der Waals surface area (Å²) in [5.41, 5.74) is 2.27. The van der Waals surface area contributed by atoms with Gasteiger partial charge in [-0.15, -0.1) is 0 Å². The van der Waals surface area contributed by atoms with Crippen molar-refractivity contribution >= 4 is 27.3 Å². The van der Waals surface area contributed by atoms with E-state index in [0.29, 0.717) is 23.7 Å². The van der Waals surface area contributed by atoms with Crippen LogP contribution >= 0.6 is 0 Å². The summed E-state index contributed by atoms with van der Waals surface area (Å²) in [5, 5.41) is 0. The summed E-state index contributed by atoms with van der Waals surface area (Å²) in [6.45, 7) is 0.649. The smallest absolute Gasteiger partial charge is 0.262 e. The average molecular weight is 402 g/mol. The van der Waals surface area contributed by atoms with Crippen molar-refractivity contribution in [2.75, 3.05) is 30.4 Å². The van der Waals surface area contributed by atoms with Gasteiger partial charge >= 0.3 is 0 Å². The lowest BCUT2D eigenvalue weighted by molar-refractivity contribution is -0.119. The average Bonchev–Trinajstić information content (AvgIpc) is 3.46. The number of carbonyl (C=O) groups is 1. The molecule has 1 amide bonds. The maximum atomic E-state index is 12.8. The van der Waals surface area contributed by atoms with E-state index in [1.807, 2.05) is 6.07 Å².